The third kappa shape index (κ3) is 2.50. The van der Waals surface area contributed by atoms with Crippen LogP contribution in [-0.4, -0.2) is 12.5 Å². The number of rotatable bonds is 1. The number of allylic oxidation sites excluding steroid dienone is 1. The van der Waals surface area contributed by atoms with Gasteiger partial charge < -0.3 is 4.90 Å². The minimum atomic E-state index is 0.0772. The molecule has 100 valence electrons. The molecule has 2 aromatic rings. The van der Waals surface area contributed by atoms with E-state index >= 15 is 0 Å². The van der Waals surface area contributed by atoms with Crippen molar-refractivity contribution in [2.75, 3.05) is 11.4 Å². The summed E-state index contributed by atoms with van der Waals surface area (Å²) < 4.78 is 0. The summed E-state index contributed by atoms with van der Waals surface area (Å²) in [6.45, 7) is 0.759. The number of anilines is 1. The molecular weight excluding hydrogens is 246 g/mol. The minimum Gasteiger partial charge on any atom is -0.308 e. The second kappa shape index (κ2) is 5.74. The molecule has 2 aromatic carbocycles. The molecule has 0 spiro atoms. The molecule has 0 aromatic heterocycles. The number of hydrogen-bond donors (Lipinski definition) is 0. The molecule has 0 N–H and O–H groups in total. The van der Waals surface area contributed by atoms with E-state index in [1.165, 1.54) is 0 Å². The summed E-state index contributed by atoms with van der Waals surface area (Å²) in [4.78, 5) is 14.6. The first-order valence-corrected chi connectivity index (χ1v) is 6.99. The maximum absolute atomic E-state index is 12.7. The number of amides is 1. The number of para-hydroxylation sites is 1. The summed E-state index contributed by atoms with van der Waals surface area (Å²) in [5.74, 6) is 0.0772. The van der Waals surface area contributed by atoms with E-state index in [1.54, 1.807) is 0 Å². The van der Waals surface area contributed by atoms with Gasteiger partial charge in [-0.25, -0.2) is 0 Å². The Bertz CT molecular complexity index is 631. The molecule has 20 heavy (non-hydrogen) atoms. The Kier molecular flexibility index (Phi) is 3.64. The summed E-state index contributed by atoms with van der Waals surface area (Å²) in [5.41, 5.74) is 2.85. The number of benzene rings is 2. The van der Waals surface area contributed by atoms with Gasteiger partial charge in [0.1, 0.15) is 0 Å². The Morgan fingerprint density at radius 2 is 1.70 bits per heavy atom. The third-order valence-corrected chi connectivity index (χ3v) is 3.54. The molecule has 3 rings (SSSR count). The van der Waals surface area contributed by atoms with Gasteiger partial charge in [0.2, 0.25) is 0 Å². The molecule has 0 bridgehead atoms. The number of carbonyl (C=O) groups excluding carboxylic acids is 1. The number of carbonyl (C=O) groups is 1. The van der Waals surface area contributed by atoms with Gasteiger partial charge >= 0.3 is 0 Å². The van der Waals surface area contributed by atoms with Crippen molar-refractivity contribution in [3.63, 3.8) is 0 Å². The Balaban J connectivity index is 2.02. The molecule has 2 nitrogen and oxygen atoms in total. The summed E-state index contributed by atoms with van der Waals surface area (Å²) in [6, 6.07) is 17.6. The molecule has 0 saturated carbocycles. The van der Waals surface area contributed by atoms with E-state index in [1.807, 2.05) is 53.4 Å². The van der Waals surface area contributed by atoms with Crippen molar-refractivity contribution in [2.24, 2.45) is 0 Å². The smallest absolute Gasteiger partial charge is 0.258 e. The lowest BCUT2D eigenvalue weighted by atomic mass is 10.1. The first-order chi connectivity index (χ1) is 9.86. The molecule has 0 atom stereocenters. The van der Waals surface area contributed by atoms with Crippen molar-refractivity contribution in [3.05, 3.63) is 71.8 Å². The zero-order chi connectivity index (χ0) is 13.8. The van der Waals surface area contributed by atoms with Gasteiger partial charge in [0.05, 0.1) is 5.69 Å². The zero-order valence-electron chi connectivity index (χ0n) is 11.3. The molecule has 1 heterocycles. The fraction of sp³-hybridized carbons (Fsp3) is 0.167. The highest BCUT2D eigenvalue weighted by molar-refractivity contribution is 6.07. The highest BCUT2D eigenvalue weighted by atomic mass is 16.2. The largest absolute Gasteiger partial charge is 0.308 e. The standard InChI is InChI=1S/C18H17NO/c20-18(16-11-3-1-4-12-16)19-14-8-2-5-9-15-10-6-7-13-17(15)19/h1,3-7,9-13H,2,8,14H2/b9-5-. The Hall–Kier alpha value is -2.35. The van der Waals surface area contributed by atoms with Crippen molar-refractivity contribution >= 4 is 17.7 Å². The average molecular weight is 263 g/mol. The van der Waals surface area contributed by atoms with Crippen LogP contribution in [0.1, 0.15) is 28.8 Å². The van der Waals surface area contributed by atoms with Gasteiger partial charge in [-0.3, -0.25) is 4.79 Å². The second-order valence-corrected chi connectivity index (χ2v) is 4.93. The van der Waals surface area contributed by atoms with Crippen LogP contribution in [0.25, 0.3) is 6.08 Å². The second-order valence-electron chi connectivity index (χ2n) is 4.93. The van der Waals surface area contributed by atoms with Crippen molar-refractivity contribution in [2.45, 2.75) is 12.8 Å². The highest BCUT2D eigenvalue weighted by Crippen LogP contribution is 2.26. The molecule has 0 fully saturated rings. The van der Waals surface area contributed by atoms with Crippen LogP contribution in [-0.2, 0) is 0 Å². The van der Waals surface area contributed by atoms with Crippen LogP contribution < -0.4 is 4.90 Å². The van der Waals surface area contributed by atoms with Crippen molar-refractivity contribution in [3.8, 4) is 0 Å². The first kappa shape index (κ1) is 12.7. The SMILES string of the molecule is O=C(c1ccccc1)N1CCC/C=C\c2ccccc21. The molecule has 1 aliphatic rings. The number of hydrogen-bond acceptors (Lipinski definition) is 1. The van der Waals surface area contributed by atoms with Gasteiger partial charge in [0, 0.05) is 12.1 Å². The summed E-state index contributed by atoms with van der Waals surface area (Å²) in [7, 11) is 0. The van der Waals surface area contributed by atoms with Crippen molar-refractivity contribution in [1.29, 1.82) is 0 Å². The van der Waals surface area contributed by atoms with Crippen LogP contribution in [0.15, 0.2) is 60.7 Å². The number of nitrogens with zero attached hydrogens (tertiary/aromatic N) is 1. The van der Waals surface area contributed by atoms with E-state index < -0.39 is 0 Å². The van der Waals surface area contributed by atoms with Gasteiger partial charge in [0.25, 0.3) is 5.91 Å². The topological polar surface area (TPSA) is 20.3 Å². The van der Waals surface area contributed by atoms with E-state index in [9.17, 15) is 4.79 Å². The molecule has 0 unspecified atom stereocenters. The van der Waals surface area contributed by atoms with Gasteiger partial charge in [-0.15, -0.1) is 0 Å². The van der Waals surface area contributed by atoms with Gasteiger partial charge in [0.15, 0.2) is 0 Å². The predicted molar refractivity (Wildman–Crippen MR) is 82.8 cm³/mol. The van der Waals surface area contributed by atoms with Gasteiger partial charge in [-0.05, 0) is 36.6 Å². The summed E-state index contributed by atoms with van der Waals surface area (Å²) in [5, 5.41) is 0. The van der Waals surface area contributed by atoms with E-state index in [4.69, 9.17) is 0 Å². The van der Waals surface area contributed by atoms with Crippen LogP contribution in [0.2, 0.25) is 0 Å². The normalized spacial score (nSPS) is 15.9. The van der Waals surface area contributed by atoms with Crippen LogP contribution in [0.3, 0.4) is 0 Å². The average Bonchev–Trinajstić information content (AvgIpc) is 2.49. The van der Waals surface area contributed by atoms with Gasteiger partial charge in [-0.2, -0.15) is 0 Å². The van der Waals surface area contributed by atoms with E-state index in [2.05, 4.69) is 18.2 Å². The lowest BCUT2D eigenvalue weighted by Gasteiger charge is -2.25. The molecule has 2 heteroatoms. The Morgan fingerprint density at radius 1 is 0.950 bits per heavy atom. The van der Waals surface area contributed by atoms with Crippen molar-refractivity contribution < 1.29 is 4.79 Å². The number of fused-ring (bicyclic) bond motifs is 1. The van der Waals surface area contributed by atoms with Crippen LogP contribution in [0.5, 0.6) is 0 Å². The predicted octanol–water partition coefficient (Wildman–Crippen LogP) is 4.14. The minimum absolute atomic E-state index is 0.0772. The fourth-order valence-corrected chi connectivity index (χ4v) is 2.52. The molecule has 0 aliphatic carbocycles. The van der Waals surface area contributed by atoms with Crippen LogP contribution >= 0.6 is 0 Å². The fourth-order valence-electron chi connectivity index (χ4n) is 2.52. The molecule has 1 amide bonds. The molecule has 1 aliphatic heterocycles. The van der Waals surface area contributed by atoms with Crippen LogP contribution in [0.4, 0.5) is 5.69 Å². The maximum atomic E-state index is 12.7. The highest BCUT2D eigenvalue weighted by Gasteiger charge is 2.19. The molecule has 0 saturated heterocycles. The Morgan fingerprint density at radius 3 is 2.55 bits per heavy atom. The monoisotopic (exact) mass is 263 g/mol. The molecular formula is C18H17NO. The van der Waals surface area contributed by atoms with E-state index in [-0.39, 0.29) is 5.91 Å². The summed E-state index contributed by atoms with van der Waals surface area (Å²) in [6.07, 6.45) is 6.29. The quantitative estimate of drug-likeness (QED) is 0.757. The molecule has 0 radical (unpaired) electrons. The lowest BCUT2D eigenvalue weighted by Crippen LogP contribution is -2.32. The van der Waals surface area contributed by atoms with Gasteiger partial charge in [-0.1, -0.05) is 48.6 Å². The lowest BCUT2D eigenvalue weighted by molar-refractivity contribution is 0.0986. The van der Waals surface area contributed by atoms with Crippen molar-refractivity contribution in [1.82, 2.24) is 0 Å². The Labute approximate surface area is 119 Å². The van der Waals surface area contributed by atoms with E-state index in [0.717, 1.165) is 36.2 Å². The first-order valence-electron chi connectivity index (χ1n) is 6.99. The maximum Gasteiger partial charge on any atom is 0.258 e. The zero-order valence-corrected chi connectivity index (χ0v) is 11.3. The third-order valence-electron chi connectivity index (χ3n) is 3.54. The summed E-state index contributed by atoms with van der Waals surface area (Å²) >= 11 is 0. The van der Waals surface area contributed by atoms with Crippen LogP contribution in [0, 0.1) is 0 Å². The van der Waals surface area contributed by atoms with E-state index in [0.29, 0.717) is 0 Å².